The third kappa shape index (κ3) is 3.82. The summed E-state index contributed by atoms with van der Waals surface area (Å²) in [6.07, 6.45) is 3.53. The van der Waals surface area contributed by atoms with Gasteiger partial charge < -0.3 is 14.8 Å². The normalized spacial score (nSPS) is 18.6. The fourth-order valence-corrected chi connectivity index (χ4v) is 4.53. The Morgan fingerprint density at radius 2 is 1.92 bits per heavy atom. The van der Waals surface area contributed by atoms with Crippen molar-refractivity contribution in [2.45, 2.75) is 10.9 Å². The summed E-state index contributed by atoms with van der Waals surface area (Å²) in [4.78, 5) is 6.60. The molecular formula is C16H24ClN5O2S. The summed E-state index contributed by atoms with van der Waals surface area (Å²) >= 11 is 0. The second-order valence-electron chi connectivity index (χ2n) is 6.12. The molecule has 2 aromatic rings. The van der Waals surface area contributed by atoms with Crippen LogP contribution in [0, 0.1) is 0 Å². The van der Waals surface area contributed by atoms with Gasteiger partial charge in [0.05, 0.1) is 10.9 Å². The van der Waals surface area contributed by atoms with Gasteiger partial charge in [0.25, 0.3) is 0 Å². The first-order valence-electron chi connectivity index (χ1n) is 7.88. The maximum Gasteiger partial charge on any atom is 0.243 e. The Morgan fingerprint density at radius 1 is 1.24 bits per heavy atom. The average molecular weight is 386 g/mol. The lowest BCUT2D eigenvalue weighted by Gasteiger charge is -2.34. The van der Waals surface area contributed by atoms with Crippen molar-refractivity contribution in [3.8, 4) is 0 Å². The van der Waals surface area contributed by atoms with Gasteiger partial charge in [-0.15, -0.1) is 12.4 Å². The number of aryl methyl sites for hydroxylation is 1. The van der Waals surface area contributed by atoms with Crippen LogP contribution in [0.15, 0.2) is 41.6 Å². The number of halogens is 1. The zero-order valence-electron chi connectivity index (χ0n) is 14.6. The van der Waals surface area contributed by atoms with Crippen LogP contribution in [0.1, 0.15) is 11.9 Å². The van der Waals surface area contributed by atoms with E-state index in [-0.39, 0.29) is 18.4 Å². The van der Waals surface area contributed by atoms with Gasteiger partial charge in [0.15, 0.2) is 0 Å². The van der Waals surface area contributed by atoms with Crippen molar-refractivity contribution in [2.24, 2.45) is 7.05 Å². The van der Waals surface area contributed by atoms with E-state index in [1.165, 1.54) is 0 Å². The SMILES string of the molecule is CN(C)c1ccc(S(=O)(=O)N2CCNCC2c2nccn2C)cc1.Cl. The number of nitrogens with zero attached hydrogens (tertiary/aromatic N) is 4. The maximum atomic E-state index is 13.1. The highest BCUT2D eigenvalue weighted by molar-refractivity contribution is 7.89. The molecule has 0 amide bonds. The Bertz CT molecular complexity index is 804. The summed E-state index contributed by atoms with van der Waals surface area (Å²) in [5.41, 5.74) is 0.968. The number of aromatic nitrogens is 2. The molecule has 1 N–H and O–H groups in total. The quantitative estimate of drug-likeness (QED) is 0.857. The molecule has 0 bridgehead atoms. The summed E-state index contributed by atoms with van der Waals surface area (Å²) in [7, 11) is 2.16. The monoisotopic (exact) mass is 385 g/mol. The second-order valence-corrected chi connectivity index (χ2v) is 8.01. The molecule has 3 rings (SSSR count). The Hall–Kier alpha value is -1.61. The topological polar surface area (TPSA) is 70.5 Å². The van der Waals surface area contributed by atoms with Gasteiger partial charge in [-0.3, -0.25) is 0 Å². The molecule has 2 heterocycles. The van der Waals surface area contributed by atoms with Crippen molar-refractivity contribution >= 4 is 28.1 Å². The van der Waals surface area contributed by atoms with E-state index in [1.807, 2.05) is 48.9 Å². The van der Waals surface area contributed by atoms with Crippen LogP contribution in [0.2, 0.25) is 0 Å². The Kier molecular flexibility index (Phi) is 6.10. The molecule has 1 fully saturated rings. The molecule has 138 valence electrons. The third-order valence-corrected chi connectivity index (χ3v) is 6.23. The number of imidazole rings is 1. The molecule has 1 unspecified atom stereocenters. The zero-order valence-corrected chi connectivity index (χ0v) is 16.2. The van der Waals surface area contributed by atoms with Crippen molar-refractivity contribution in [3.63, 3.8) is 0 Å². The highest BCUT2D eigenvalue weighted by Gasteiger charge is 2.36. The fraction of sp³-hybridized carbons (Fsp3) is 0.438. The van der Waals surface area contributed by atoms with Gasteiger partial charge >= 0.3 is 0 Å². The minimum Gasteiger partial charge on any atom is -0.378 e. The van der Waals surface area contributed by atoms with Crippen LogP contribution in [-0.2, 0) is 17.1 Å². The van der Waals surface area contributed by atoms with Gasteiger partial charge in [0.1, 0.15) is 5.82 Å². The van der Waals surface area contributed by atoms with Crippen molar-refractivity contribution in [3.05, 3.63) is 42.5 Å². The maximum absolute atomic E-state index is 13.1. The smallest absolute Gasteiger partial charge is 0.243 e. The van der Waals surface area contributed by atoms with Gasteiger partial charge in [0, 0.05) is 58.9 Å². The molecule has 7 nitrogen and oxygen atoms in total. The summed E-state index contributed by atoms with van der Waals surface area (Å²) in [5.74, 6) is 0.746. The van der Waals surface area contributed by atoms with Gasteiger partial charge in [-0.1, -0.05) is 0 Å². The highest BCUT2D eigenvalue weighted by atomic mass is 35.5. The molecule has 0 aliphatic carbocycles. The van der Waals surface area contributed by atoms with E-state index in [0.29, 0.717) is 24.5 Å². The number of hydrogen-bond donors (Lipinski definition) is 1. The Balaban J connectivity index is 0.00000225. The highest BCUT2D eigenvalue weighted by Crippen LogP contribution is 2.28. The van der Waals surface area contributed by atoms with Crippen LogP contribution in [0.3, 0.4) is 0 Å². The lowest BCUT2D eigenvalue weighted by atomic mass is 10.2. The van der Waals surface area contributed by atoms with Gasteiger partial charge in [-0.2, -0.15) is 4.31 Å². The number of nitrogens with one attached hydrogen (secondary N) is 1. The molecule has 1 aliphatic rings. The molecule has 25 heavy (non-hydrogen) atoms. The number of sulfonamides is 1. The molecule has 1 aliphatic heterocycles. The molecule has 9 heteroatoms. The lowest BCUT2D eigenvalue weighted by Crippen LogP contribution is -2.49. The van der Waals surface area contributed by atoms with E-state index in [9.17, 15) is 8.42 Å². The number of anilines is 1. The van der Waals surface area contributed by atoms with Crippen molar-refractivity contribution in [1.82, 2.24) is 19.2 Å². The van der Waals surface area contributed by atoms with E-state index in [4.69, 9.17) is 0 Å². The molecule has 1 saturated heterocycles. The molecule has 1 atom stereocenters. The van der Waals surface area contributed by atoms with Crippen LogP contribution in [-0.4, -0.2) is 56.0 Å². The average Bonchev–Trinajstić information content (AvgIpc) is 3.01. The Morgan fingerprint density at radius 3 is 2.48 bits per heavy atom. The van der Waals surface area contributed by atoms with E-state index in [1.54, 1.807) is 22.6 Å². The van der Waals surface area contributed by atoms with E-state index in [0.717, 1.165) is 11.5 Å². The van der Waals surface area contributed by atoms with Gasteiger partial charge in [-0.25, -0.2) is 13.4 Å². The minimum absolute atomic E-state index is 0. The molecule has 0 radical (unpaired) electrons. The fourth-order valence-electron chi connectivity index (χ4n) is 2.94. The predicted molar refractivity (Wildman–Crippen MR) is 101 cm³/mol. The number of benzene rings is 1. The van der Waals surface area contributed by atoms with E-state index >= 15 is 0 Å². The van der Waals surface area contributed by atoms with Crippen molar-refractivity contribution in [1.29, 1.82) is 0 Å². The third-order valence-electron chi connectivity index (χ3n) is 4.31. The van der Waals surface area contributed by atoms with Crippen molar-refractivity contribution in [2.75, 3.05) is 38.6 Å². The van der Waals surface area contributed by atoms with Crippen LogP contribution in [0.5, 0.6) is 0 Å². The molecular weight excluding hydrogens is 362 g/mol. The largest absolute Gasteiger partial charge is 0.378 e. The predicted octanol–water partition coefficient (Wildman–Crippen LogP) is 1.24. The molecule has 0 saturated carbocycles. The standard InChI is InChI=1S/C16H23N5O2S.ClH/c1-19(2)13-4-6-14(7-5-13)24(22,23)21-11-8-17-12-15(21)16-18-9-10-20(16)3;/h4-7,9-10,15,17H,8,11-12H2,1-3H3;1H. The first-order valence-corrected chi connectivity index (χ1v) is 9.32. The summed E-state index contributed by atoms with van der Waals surface area (Å²) in [5, 5.41) is 3.26. The Labute approximate surface area is 155 Å². The summed E-state index contributed by atoms with van der Waals surface area (Å²) in [6, 6.07) is 6.68. The summed E-state index contributed by atoms with van der Waals surface area (Å²) < 4.78 is 29.7. The van der Waals surface area contributed by atoms with Crippen LogP contribution < -0.4 is 10.2 Å². The molecule has 0 spiro atoms. The van der Waals surface area contributed by atoms with E-state index < -0.39 is 10.0 Å². The first kappa shape index (κ1) is 19.7. The molecule has 1 aromatic carbocycles. The summed E-state index contributed by atoms with van der Waals surface area (Å²) in [6.45, 7) is 1.62. The van der Waals surface area contributed by atoms with Crippen LogP contribution >= 0.6 is 12.4 Å². The second kappa shape index (κ2) is 7.74. The van der Waals surface area contributed by atoms with Gasteiger partial charge in [-0.05, 0) is 24.3 Å². The molecule has 1 aromatic heterocycles. The number of piperazine rings is 1. The van der Waals surface area contributed by atoms with E-state index in [2.05, 4.69) is 10.3 Å². The zero-order chi connectivity index (χ0) is 17.3. The lowest BCUT2D eigenvalue weighted by molar-refractivity contribution is 0.258. The number of rotatable bonds is 4. The number of hydrogen-bond acceptors (Lipinski definition) is 5. The van der Waals surface area contributed by atoms with Crippen molar-refractivity contribution < 1.29 is 8.42 Å². The first-order chi connectivity index (χ1) is 11.4. The van der Waals surface area contributed by atoms with Crippen LogP contribution in [0.4, 0.5) is 5.69 Å². The van der Waals surface area contributed by atoms with Crippen LogP contribution in [0.25, 0.3) is 0 Å². The minimum atomic E-state index is -3.57. The van der Waals surface area contributed by atoms with Gasteiger partial charge in [0.2, 0.25) is 10.0 Å².